The van der Waals surface area contributed by atoms with Crippen LogP contribution in [0.1, 0.15) is 12.5 Å². The first-order valence-corrected chi connectivity index (χ1v) is 7.22. The fraction of sp³-hybridized carbons (Fsp3) is 0.125. The topological polar surface area (TPSA) is 55.4 Å². The van der Waals surface area contributed by atoms with E-state index in [1.165, 1.54) is 6.92 Å². The molecule has 1 N–H and O–H groups in total. The van der Waals surface area contributed by atoms with Crippen molar-refractivity contribution in [3.63, 3.8) is 0 Å². The number of carbonyl (C=O) groups excluding carboxylic acids is 2. The Hall–Kier alpha value is -2.04. The molecular formula is C16H13Cl2NO3. The summed E-state index contributed by atoms with van der Waals surface area (Å²) in [6.45, 7) is 1.40. The highest BCUT2D eigenvalue weighted by Crippen LogP contribution is 2.25. The van der Waals surface area contributed by atoms with Crippen molar-refractivity contribution in [1.82, 2.24) is 0 Å². The monoisotopic (exact) mass is 337 g/mol. The Morgan fingerprint density at radius 3 is 2.36 bits per heavy atom. The molecule has 6 heteroatoms. The summed E-state index contributed by atoms with van der Waals surface area (Å²) in [6.07, 6.45) is -0.0388. The lowest BCUT2D eigenvalue weighted by Gasteiger charge is -2.09. The normalized spacial score (nSPS) is 10.1. The lowest BCUT2D eigenvalue weighted by atomic mass is 10.1. The molecule has 2 rings (SSSR count). The fourth-order valence-electron chi connectivity index (χ4n) is 1.85. The van der Waals surface area contributed by atoms with Crippen molar-refractivity contribution in [2.45, 2.75) is 13.3 Å². The maximum atomic E-state index is 12.0. The van der Waals surface area contributed by atoms with E-state index in [0.29, 0.717) is 27.0 Å². The van der Waals surface area contributed by atoms with Crippen LogP contribution in [0.15, 0.2) is 42.5 Å². The van der Waals surface area contributed by atoms with Crippen LogP contribution >= 0.6 is 23.2 Å². The van der Waals surface area contributed by atoms with Gasteiger partial charge in [0, 0.05) is 34.3 Å². The number of rotatable bonds is 4. The first kappa shape index (κ1) is 16.3. The number of amides is 1. The molecule has 0 atom stereocenters. The molecule has 2 aromatic carbocycles. The first-order chi connectivity index (χ1) is 10.5. The van der Waals surface area contributed by atoms with Gasteiger partial charge in [0.2, 0.25) is 5.91 Å². The van der Waals surface area contributed by atoms with Gasteiger partial charge in [-0.25, -0.2) is 0 Å². The molecule has 0 bridgehead atoms. The largest absolute Gasteiger partial charge is 0.426 e. The summed E-state index contributed by atoms with van der Waals surface area (Å²) in [7, 11) is 0. The van der Waals surface area contributed by atoms with Crippen LogP contribution in [-0.4, -0.2) is 11.9 Å². The zero-order valence-electron chi connectivity index (χ0n) is 11.7. The van der Waals surface area contributed by atoms with E-state index in [1.807, 2.05) is 0 Å². The van der Waals surface area contributed by atoms with Gasteiger partial charge < -0.3 is 10.1 Å². The van der Waals surface area contributed by atoms with E-state index in [4.69, 9.17) is 27.9 Å². The highest BCUT2D eigenvalue weighted by Gasteiger charge is 2.13. The van der Waals surface area contributed by atoms with Crippen LogP contribution in [-0.2, 0) is 16.0 Å². The molecule has 0 aliphatic rings. The van der Waals surface area contributed by atoms with Crippen LogP contribution < -0.4 is 10.1 Å². The van der Waals surface area contributed by atoms with Gasteiger partial charge in [0.05, 0.1) is 6.42 Å². The summed E-state index contributed by atoms with van der Waals surface area (Å²) >= 11 is 12.0. The minimum absolute atomic E-state index is 0.0388. The molecule has 0 aromatic heterocycles. The van der Waals surface area contributed by atoms with E-state index < -0.39 is 5.97 Å². The van der Waals surface area contributed by atoms with Crippen LogP contribution in [0.5, 0.6) is 5.75 Å². The second-order valence-corrected chi connectivity index (χ2v) is 5.37. The Morgan fingerprint density at radius 1 is 1.09 bits per heavy atom. The molecule has 22 heavy (non-hydrogen) atoms. The SMILES string of the molecule is CC(=O)Nc1cccc(OC(=O)Cc2c(Cl)cccc2Cl)c1. The quantitative estimate of drug-likeness (QED) is 0.674. The summed E-state index contributed by atoms with van der Waals surface area (Å²) in [5.41, 5.74) is 1.07. The van der Waals surface area contributed by atoms with Crippen molar-refractivity contribution in [1.29, 1.82) is 0 Å². The highest BCUT2D eigenvalue weighted by molar-refractivity contribution is 6.36. The minimum atomic E-state index is -0.491. The van der Waals surface area contributed by atoms with Gasteiger partial charge in [-0.05, 0) is 24.3 Å². The predicted molar refractivity (Wildman–Crippen MR) is 86.5 cm³/mol. The molecule has 114 valence electrons. The highest BCUT2D eigenvalue weighted by atomic mass is 35.5. The van der Waals surface area contributed by atoms with E-state index in [9.17, 15) is 9.59 Å². The number of ether oxygens (including phenoxy) is 1. The third kappa shape index (κ3) is 4.48. The number of anilines is 1. The predicted octanol–water partition coefficient (Wildman–Crippen LogP) is 4.10. The molecule has 0 aliphatic carbocycles. The number of carbonyl (C=O) groups is 2. The molecule has 4 nitrogen and oxygen atoms in total. The van der Waals surface area contributed by atoms with Crippen molar-refractivity contribution in [2.24, 2.45) is 0 Å². The average molecular weight is 338 g/mol. The molecule has 0 saturated carbocycles. The van der Waals surface area contributed by atoms with Crippen molar-refractivity contribution < 1.29 is 14.3 Å². The van der Waals surface area contributed by atoms with Crippen LogP contribution in [0.2, 0.25) is 10.0 Å². The molecule has 0 unspecified atom stereocenters. The van der Waals surface area contributed by atoms with Crippen LogP contribution in [0, 0.1) is 0 Å². The number of benzene rings is 2. The Balaban J connectivity index is 2.08. The van der Waals surface area contributed by atoms with Gasteiger partial charge in [-0.2, -0.15) is 0 Å². The number of esters is 1. The van der Waals surface area contributed by atoms with Gasteiger partial charge in [-0.3, -0.25) is 9.59 Å². The molecule has 0 heterocycles. The summed E-state index contributed by atoms with van der Waals surface area (Å²) < 4.78 is 5.24. The van der Waals surface area contributed by atoms with E-state index in [2.05, 4.69) is 5.32 Å². The van der Waals surface area contributed by atoms with E-state index in [0.717, 1.165) is 0 Å². The Bertz CT molecular complexity index is 696. The molecule has 0 radical (unpaired) electrons. The molecule has 0 fully saturated rings. The van der Waals surface area contributed by atoms with Crippen molar-refractivity contribution in [2.75, 3.05) is 5.32 Å². The smallest absolute Gasteiger partial charge is 0.315 e. The van der Waals surface area contributed by atoms with Crippen LogP contribution in [0.4, 0.5) is 5.69 Å². The van der Waals surface area contributed by atoms with Crippen molar-refractivity contribution >= 4 is 40.8 Å². The van der Waals surface area contributed by atoms with Crippen LogP contribution in [0.25, 0.3) is 0 Å². The summed E-state index contributed by atoms with van der Waals surface area (Å²) in [5, 5.41) is 3.44. The van der Waals surface area contributed by atoms with Gasteiger partial charge in [0.15, 0.2) is 0 Å². The van der Waals surface area contributed by atoms with Crippen molar-refractivity contribution in [3.8, 4) is 5.75 Å². The maximum absolute atomic E-state index is 12.0. The van der Waals surface area contributed by atoms with Crippen molar-refractivity contribution in [3.05, 3.63) is 58.1 Å². The second-order valence-electron chi connectivity index (χ2n) is 4.56. The van der Waals surface area contributed by atoms with Gasteiger partial charge in [-0.1, -0.05) is 35.3 Å². The molecule has 0 spiro atoms. The first-order valence-electron chi connectivity index (χ1n) is 6.47. The number of hydrogen-bond acceptors (Lipinski definition) is 3. The zero-order chi connectivity index (χ0) is 16.1. The minimum Gasteiger partial charge on any atom is -0.426 e. The maximum Gasteiger partial charge on any atom is 0.315 e. The summed E-state index contributed by atoms with van der Waals surface area (Å²) in [4.78, 5) is 23.0. The number of nitrogens with one attached hydrogen (secondary N) is 1. The molecule has 0 saturated heterocycles. The van der Waals surface area contributed by atoms with Crippen LogP contribution in [0.3, 0.4) is 0 Å². The summed E-state index contributed by atoms with van der Waals surface area (Å²) in [6, 6.07) is 11.6. The fourth-order valence-corrected chi connectivity index (χ4v) is 2.38. The standard InChI is InChI=1S/C16H13Cl2NO3/c1-10(20)19-11-4-2-5-12(8-11)22-16(21)9-13-14(17)6-3-7-15(13)18/h2-8H,9H2,1H3,(H,19,20). The number of hydrogen-bond donors (Lipinski definition) is 1. The van der Waals surface area contributed by atoms with E-state index in [1.54, 1.807) is 42.5 Å². The van der Waals surface area contributed by atoms with Gasteiger partial charge >= 0.3 is 5.97 Å². The Morgan fingerprint density at radius 2 is 1.73 bits per heavy atom. The lowest BCUT2D eigenvalue weighted by molar-refractivity contribution is -0.133. The zero-order valence-corrected chi connectivity index (χ0v) is 13.2. The Kier molecular flexibility index (Phi) is 5.41. The van der Waals surface area contributed by atoms with Gasteiger partial charge in [0.1, 0.15) is 5.75 Å². The van der Waals surface area contributed by atoms with E-state index in [-0.39, 0.29) is 12.3 Å². The number of halogens is 2. The third-order valence-electron chi connectivity index (χ3n) is 2.77. The van der Waals surface area contributed by atoms with E-state index >= 15 is 0 Å². The molecule has 2 aromatic rings. The second kappa shape index (κ2) is 7.29. The molecule has 0 aliphatic heterocycles. The molecule has 1 amide bonds. The third-order valence-corrected chi connectivity index (χ3v) is 3.48. The lowest BCUT2D eigenvalue weighted by Crippen LogP contribution is -2.12. The molecular weight excluding hydrogens is 325 g/mol. The van der Waals surface area contributed by atoms with Gasteiger partial charge in [-0.15, -0.1) is 0 Å². The average Bonchev–Trinajstić information content (AvgIpc) is 2.42. The summed E-state index contributed by atoms with van der Waals surface area (Å²) in [5.74, 6) is -0.360. The van der Waals surface area contributed by atoms with Gasteiger partial charge in [0.25, 0.3) is 0 Å². The Labute approximate surface area is 138 Å².